The van der Waals surface area contributed by atoms with Gasteiger partial charge in [-0.2, -0.15) is 0 Å². The smallest absolute Gasteiger partial charge is 0.224 e. The molecule has 0 radical (unpaired) electrons. The van der Waals surface area contributed by atoms with Crippen LogP contribution in [0.2, 0.25) is 0 Å². The van der Waals surface area contributed by atoms with Crippen LogP contribution in [0.25, 0.3) is 0 Å². The molecule has 16 heavy (non-hydrogen) atoms. The summed E-state index contributed by atoms with van der Waals surface area (Å²) in [5.41, 5.74) is 0. The van der Waals surface area contributed by atoms with Crippen LogP contribution in [-0.2, 0) is 14.3 Å². The van der Waals surface area contributed by atoms with E-state index in [-0.39, 0.29) is 25.1 Å². The second kappa shape index (κ2) is 8.10. The Morgan fingerprint density at radius 1 is 1.12 bits per heavy atom. The highest BCUT2D eigenvalue weighted by Crippen LogP contribution is 2.03. The van der Waals surface area contributed by atoms with E-state index >= 15 is 0 Å². The van der Waals surface area contributed by atoms with Crippen molar-refractivity contribution in [3.8, 4) is 0 Å². The molecule has 0 saturated heterocycles. The zero-order valence-corrected chi connectivity index (χ0v) is 10.5. The standard InChI is InChI=1S/C11H22N2O3.H2/c1-8(10(14)12-3)5-6-16-7-9(2)11(15)13-4;/h8-9H,5-7H2,1-4H3,(H,12,14)(H,13,15);1H. The van der Waals surface area contributed by atoms with E-state index < -0.39 is 0 Å². The van der Waals surface area contributed by atoms with Gasteiger partial charge in [-0.1, -0.05) is 13.8 Å². The van der Waals surface area contributed by atoms with Crippen LogP contribution >= 0.6 is 0 Å². The van der Waals surface area contributed by atoms with Gasteiger partial charge in [0.15, 0.2) is 0 Å². The maximum Gasteiger partial charge on any atom is 0.224 e. The Morgan fingerprint density at radius 2 is 1.62 bits per heavy atom. The molecular weight excluding hydrogens is 208 g/mol. The van der Waals surface area contributed by atoms with E-state index in [9.17, 15) is 9.59 Å². The van der Waals surface area contributed by atoms with Crippen LogP contribution in [0.4, 0.5) is 0 Å². The summed E-state index contributed by atoms with van der Waals surface area (Å²) in [5.74, 6) is -0.220. The lowest BCUT2D eigenvalue weighted by Crippen LogP contribution is -2.29. The second-order valence-electron chi connectivity index (χ2n) is 3.89. The van der Waals surface area contributed by atoms with Gasteiger partial charge in [-0.05, 0) is 6.42 Å². The molecule has 5 heteroatoms. The van der Waals surface area contributed by atoms with E-state index in [4.69, 9.17) is 4.74 Å². The highest BCUT2D eigenvalue weighted by molar-refractivity contribution is 5.78. The number of hydrogen-bond donors (Lipinski definition) is 2. The Bertz CT molecular complexity index is 213. The number of hydrogen-bond acceptors (Lipinski definition) is 3. The van der Waals surface area contributed by atoms with Crippen molar-refractivity contribution in [3.05, 3.63) is 0 Å². The molecule has 0 aliphatic heterocycles. The zero-order chi connectivity index (χ0) is 12.6. The summed E-state index contributed by atoms with van der Waals surface area (Å²) >= 11 is 0. The van der Waals surface area contributed by atoms with Crippen LogP contribution < -0.4 is 10.6 Å². The fourth-order valence-corrected chi connectivity index (χ4v) is 1.22. The maximum absolute atomic E-state index is 11.2. The molecule has 0 saturated carbocycles. The topological polar surface area (TPSA) is 67.4 Å². The van der Waals surface area contributed by atoms with Crippen molar-refractivity contribution >= 4 is 11.8 Å². The molecule has 5 nitrogen and oxygen atoms in total. The molecule has 0 heterocycles. The molecule has 0 spiro atoms. The van der Waals surface area contributed by atoms with E-state index in [1.54, 1.807) is 21.0 Å². The molecule has 2 unspecified atom stereocenters. The van der Waals surface area contributed by atoms with Gasteiger partial charge >= 0.3 is 0 Å². The molecule has 0 aliphatic carbocycles. The van der Waals surface area contributed by atoms with E-state index in [2.05, 4.69) is 10.6 Å². The Hall–Kier alpha value is -1.10. The minimum absolute atomic E-state index is 0. The molecule has 0 aliphatic rings. The summed E-state index contributed by atoms with van der Waals surface area (Å²) in [6.45, 7) is 4.54. The average Bonchev–Trinajstić information content (AvgIpc) is 2.31. The first kappa shape index (κ1) is 14.9. The number of ether oxygens (including phenoxy) is 1. The second-order valence-corrected chi connectivity index (χ2v) is 3.89. The Labute approximate surface area is 98.4 Å². The fraction of sp³-hybridized carbons (Fsp3) is 0.818. The quantitative estimate of drug-likeness (QED) is 0.624. The van der Waals surface area contributed by atoms with Crippen molar-refractivity contribution in [2.24, 2.45) is 11.8 Å². The maximum atomic E-state index is 11.2. The summed E-state index contributed by atoms with van der Waals surface area (Å²) in [4.78, 5) is 22.3. The van der Waals surface area contributed by atoms with Crippen LogP contribution in [0, 0.1) is 11.8 Å². The van der Waals surface area contributed by atoms with Crippen molar-refractivity contribution in [1.82, 2.24) is 10.6 Å². The summed E-state index contributed by atoms with van der Waals surface area (Å²) < 4.78 is 5.34. The summed E-state index contributed by atoms with van der Waals surface area (Å²) in [6, 6.07) is 0. The number of carbonyl (C=O) groups is 2. The van der Waals surface area contributed by atoms with Gasteiger partial charge in [-0.15, -0.1) is 0 Å². The number of rotatable bonds is 7. The van der Waals surface area contributed by atoms with Gasteiger partial charge in [0, 0.05) is 28.0 Å². The van der Waals surface area contributed by atoms with Crippen LogP contribution in [-0.4, -0.2) is 39.1 Å². The number of nitrogens with one attached hydrogen (secondary N) is 2. The van der Waals surface area contributed by atoms with Gasteiger partial charge in [-0.3, -0.25) is 9.59 Å². The van der Waals surface area contributed by atoms with Crippen molar-refractivity contribution in [1.29, 1.82) is 0 Å². The van der Waals surface area contributed by atoms with Crippen molar-refractivity contribution < 1.29 is 15.8 Å². The third-order valence-electron chi connectivity index (χ3n) is 2.45. The van der Waals surface area contributed by atoms with Gasteiger partial charge in [0.2, 0.25) is 11.8 Å². The van der Waals surface area contributed by atoms with E-state index in [0.29, 0.717) is 19.6 Å². The minimum Gasteiger partial charge on any atom is -0.381 e. The average molecular weight is 232 g/mol. The first-order valence-electron chi connectivity index (χ1n) is 5.53. The van der Waals surface area contributed by atoms with Crippen molar-refractivity contribution in [2.75, 3.05) is 27.3 Å². The van der Waals surface area contributed by atoms with E-state index in [1.165, 1.54) is 0 Å². The summed E-state index contributed by atoms with van der Waals surface area (Å²) in [7, 11) is 3.22. The van der Waals surface area contributed by atoms with Gasteiger partial charge in [0.25, 0.3) is 0 Å². The molecule has 0 fully saturated rings. The minimum atomic E-state index is -0.152. The normalized spacial score (nSPS) is 14.0. The van der Waals surface area contributed by atoms with Crippen LogP contribution in [0.5, 0.6) is 0 Å². The first-order chi connectivity index (χ1) is 7.52. The lowest BCUT2D eigenvalue weighted by molar-refractivity contribution is -0.127. The Kier molecular flexibility index (Phi) is 7.54. The molecule has 0 aromatic carbocycles. The highest BCUT2D eigenvalue weighted by Gasteiger charge is 2.13. The fourth-order valence-electron chi connectivity index (χ4n) is 1.22. The van der Waals surface area contributed by atoms with E-state index in [0.717, 1.165) is 0 Å². The van der Waals surface area contributed by atoms with Crippen LogP contribution in [0.3, 0.4) is 0 Å². The van der Waals surface area contributed by atoms with Gasteiger partial charge in [0.05, 0.1) is 12.5 Å². The summed E-state index contributed by atoms with van der Waals surface area (Å²) in [5, 5.41) is 5.14. The Balaban J connectivity index is 0. The largest absolute Gasteiger partial charge is 0.381 e. The molecule has 0 rings (SSSR count). The predicted molar refractivity (Wildman–Crippen MR) is 64.0 cm³/mol. The lowest BCUT2D eigenvalue weighted by atomic mass is 10.1. The van der Waals surface area contributed by atoms with Gasteiger partial charge in [0.1, 0.15) is 0 Å². The summed E-state index contributed by atoms with van der Waals surface area (Å²) in [6.07, 6.45) is 0.667. The Morgan fingerprint density at radius 3 is 2.12 bits per heavy atom. The first-order valence-corrected chi connectivity index (χ1v) is 5.53. The predicted octanol–water partition coefficient (Wildman–Crippen LogP) is 0.403. The monoisotopic (exact) mass is 232 g/mol. The van der Waals surface area contributed by atoms with Gasteiger partial charge in [-0.25, -0.2) is 0 Å². The molecular formula is C11H24N2O3. The third kappa shape index (κ3) is 5.70. The van der Waals surface area contributed by atoms with Gasteiger partial charge < -0.3 is 15.4 Å². The van der Waals surface area contributed by atoms with E-state index in [1.807, 2.05) is 6.92 Å². The molecule has 2 atom stereocenters. The molecule has 0 aromatic heterocycles. The third-order valence-corrected chi connectivity index (χ3v) is 2.45. The number of carbonyl (C=O) groups excluding carboxylic acids is 2. The molecule has 2 amide bonds. The molecule has 2 N–H and O–H groups in total. The SMILES string of the molecule is CNC(=O)C(C)CCOCC(C)C(=O)NC.[HH]. The lowest BCUT2D eigenvalue weighted by Gasteiger charge is -2.12. The van der Waals surface area contributed by atoms with Crippen molar-refractivity contribution in [3.63, 3.8) is 0 Å². The van der Waals surface area contributed by atoms with Crippen molar-refractivity contribution in [2.45, 2.75) is 20.3 Å². The number of amides is 2. The van der Waals surface area contributed by atoms with Crippen LogP contribution in [0.1, 0.15) is 21.7 Å². The highest BCUT2D eigenvalue weighted by atomic mass is 16.5. The molecule has 0 bridgehead atoms. The molecule has 96 valence electrons. The molecule has 0 aromatic rings. The van der Waals surface area contributed by atoms with Crippen LogP contribution in [0.15, 0.2) is 0 Å². The zero-order valence-electron chi connectivity index (χ0n) is 10.5.